The lowest BCUT2D eigenvalue weighted by atomic mass is 9.92. The van der Waals surface area contributed by atoms with E-state index in [4.69, 9.17) is 19.4 Å². The van der Waals surface area contributed by atoms with Crippen LogP contribution in [0.3, 0.4) is 0 Å². The van der Waals surface area contributed by atoms with Crippen molar-refractivity contribution in [3.63, 3.8) is 0 Å². The molecule has 0 amide bonds. The van der Waals surface area contributed by atoms with Gasteiger partial charge in [-0.05, 0) is 41.0 Å². The molecule has 3 heterocycles. The molecule has 0 N–H and O–H groups in total. The minimum atomic E-state index is 0.657. The fraction of sp³-hybridized carbons (Fsp3) is 0.0465. The summed E-state index contributed by atoms with van der Waals surface area (Å²) in [5.74, 6) is 2.97. The van der Waals surface area contributed by atoms with E-state index in [1.165, 1.54) is 30.9 Å². The second-order valence-electron chi connectivity index (χ2n) is 12.3. The van der Waals surface area contributed by atoms with Gasteiger partial charge in [-0.25, -0.2) is 15.0 Å². The minimum Gasteiger partial charge on any atom is -0.460 e. The Labute approximate surface area is 280 Å². The van der Waals surface area contributed by atoms with E-state index in [2.05, 4.69) is 121 Å². The SMILES string of the molecule is C1=C(c2nc(-c3ccccc3)nc(-c3cccc4sc5ccccc5c34)n2)c2c(oc3c(-c4ccc5ccccc5c4)cccc23)CC1. The van der Waals surface area contributed by atoms with Crippen LogP contribution < -0.4 is 0 Å². The van der Waals surface area contributed by atoms with Crippen LogP contribution in [0.2, 0.25) is 0 Å². The number of allylic oxidation sites excluding steroid dienone is 1. The molecule has 1 aliphatic carbocycles. The third-order valence-electron chi connectivity index (χ3n) is 9.39. The normalized spacial score (nSPS) is 13.0. The number of para-hydroxylation sites is 1. The maximum atomic E-state index is 6.75. The molecule has 6 aromatic carbocycles. The average molecular weight is 634 g/mol. The molecule has 10 rings (SSSR count). The number of aryl methyl sites for hydroxylation is 1. The monoisotopic (exact) mass is 633 g/mol. The molecule has 0 fully saturated rings. The number of rotatable bonds is 4. The first-order chi connectivity index (χ1) is 23.8. The second-order valence-corrected chi connectivity index (χ2v) is 13.3. The van der Waals surface area contributed by atoms with Crippen molar-refractivity contribution in [1.29, 1.82) is 0 Å². The number of furan rings is 1. The minimum absolute atomic E-state index is 0.657. The fourth-order valence-electron chi connectivity index (χ4n) is 7.17. The van der Waals surface area contributed by atoms with Gasteiger partial charge in [0.15, 0.2) is 17.5 Å². The van der Waals surface area contributed by atoms with Gasteiger partial charge in [0.1, 0.15) is 11.3 Å². The van der Waals surface area contributed by atoms with Crippen molar-refractivity contribution in [3.8, 4) is 33.9 Å². The standard InChI is InChI=1S/C43H27N3OS/c1-2-12-27(13-3-1)41-44-42(46-43(45-41)34-19-10-22-37-39(34)31-15-6-7-21-36(31)48-37)33-18-9-20-35-38(33)32-17-8-16-30(40(32)47-35)29-24-23-26-11-4-5-14-28(26)25-29/h1-8,10-19,21-25H,9,20H2. The van der Waals surface area contributed by atoms with E-state index < -0.39 is 0 Å². The molecule has 9 aromatic rings. The maximum absolute atomic E-state index is 6.75. The van der Waals surface area contributed by atoms with Crippen molar-refractivity contribution in [1.82, 2.24) is 15.0 Å². The molecule has 0 atom stereocenters. The largest absolute Gasteiger partial charge is 0.460 e. The van der Waals surface area contributed by atoms with Crippen LogP contribution >= 0.6 is 11.3 Å². The Balaban J connectivity index is 1.18. The van der Waals surface area contributed by atoms with E-state index in [-0.39, 0.29) is 0 Å². The van der Waals surface area contributed by atoms with Gasteiger partial charge in [-0.15, -0.1) is 11.3 Å². The average Bonchev–Trinajstić information content (AvgIpc) is 3.73. The van der Waals surface area contributed by atoms with Crippen LogP contribution in [0.25, 0.3) is 81.4 Å². The number of aromatic nitrogens is 3. The van der Waals surface area contributed by atoms with Crippen LogP contribution in [-0.2, 0) is 6.42 Å². The third kappa shape index (κ3) is 4.32. The zero-order chi connectivity index (χ0) is 31.6. The zero-order valence-electron chi connectivity index (χ0n) is 25.9. The Bertz CT molecular complexity index is 2740. The molecule has 5 heteroatoms. The van der Waals surface area contributed by atoms with Crippen LogP contribution in [-0.4, -0.2) is 15.0 Å². The van der Waals surface area contributed by atoms with E-state index in [9.17, 15) is 0 Å². The van der Waals surface area contributed by atoms with Crippen molar-refractivity contribution in [2.24, 2.45) is 0 Å². The molecule has 1 aliphatic rings. The van der Waals surface area contributed by atoms with Crippen molar-refractivity contribution >= 4 is 58.8 Å². The summed E-state index contributed by atoms with van der Waals surface area (Å²) >= 11 is 1.80. The smallest absolute Gasteiger partial charge is 0.164 e. The number of hydrogen-bond donors (Lipinski definition) is 0. The Morgan fingerprint density at radius 3 is 2.21 bits per heavy atom. The van der Waals surface area contributed by atoms with Crippen LogP contribution in [0.4, 0.5) is 0 Å². The number of benzene rings is 6. The van der Waals surface area contributed by atoms with Gasteiger partial charge in [0.2, 0.25) is 0 Å². The Kier molecular flexibility index (Phi) is 6.14. The maximum Gasteiger partial charge on any atom is 0.164 e. The molecule has 0 radical (unpaired) electrons. The van der Waals surface area contributed by atoms with Crippen molar-refractivity contribution in [3.05, 3.63) is 157 Å². The van der Waals surface area contributed by atoms with Gasteiger partial charge in [0.25, 0.3) is 0 Å². The predicted octanol–water partition coefficient (Wildman–Crippen LogP) is 11.5. The zero-order valence-corrected chi connectivity index (χ0v) is 26.7. The van der Waals surface area contributed by atoms with Gasteiger partial charge in [-0.2, -0.15) is 0 Å². The Morgan fingerprint density at radius 1 is 0.542 bits per heavy atom. The fourth-order valence-corrected chi connectivity index (χ4v) is 8.30. The molecule has 0 aliphatic heterocycles. The topological polar surface area (TPSA) is 51.8 Å². The molecule has 0 saturated heterocycles. The Morgan fingerprint density at radius 2 is 1.27 bits per heavy atom. The molecule has 48 heavy (non-hydrogen) atoms. The molecule has 0 spiro atoms. The first-order valence-corrected chi connectivity index (χ1v) is 17.1. The van der Waals surface area contributed by atoms with Gasteiger partial charge in [-0.3, -0.25) is 0 Å². The number of fused-ring (bicyclic) bond motifs is 7. The summed E-state index contributed by atoms with van der Waals surface area (Å²) in [5.41, 5.74) is 7.17. The lowest BCUT2D eigenvalue weighted by molar-refractivity contribution is 0.546. The molecular formula is C43H27N3OS. The quantitative estimate of drug-likeness (QED) is 0.193. The molecule has 0 unspecified atom stereocenters. The van der Waals surface area contributed by atoms with Crippen LogP contribution in [0.1, 0.15) is 23.6 Å². The lowest BCUT2D eigenvalue weighted by Gasteiger charge is -2.15. The lowest BCUT2D eigenvalue weighted by Crippen LogP contribution is -2.06. The van der Waals surface area contributed by atoms with E-state index in [0.29, 0.717) is 17.5 Å². The summed E-state index contributed by atoms with van der Waals surface area (Å²) in [6.45, 7) is 0. The first-order valence-electron chi connectivity index (χ1n) is 16.3. The second kappa shape index (κ2) is 10.8. The van der Waals surface area contributed by atoms with Gasteiger partial charge < -0.3 is 4.42 Å². The summed E-state index contributed by atoms with van der Waals surface area (Å²) in [6.07, 6.45) is 3.95. The molecular weight excluding hydrogens is 607 g/mol. The van der Waals surface area contributed by atoms with Crippen molar-refractivity contribution < 1.29 is 4.42 Å². The molecule has 0 bridgehead atoms. The highest BCUT2D eigenvalue weighted by atomic mass is 32.1. The van der Waals surface area contributed by atoms with Crippen molar-refractivity contribution in [2.45, 2.75) is 12.8 Å². The molecule has 0 saturated carbocycles. The highest BCUT2D eigenvalue weighted by Gasteiger charge is 2.27. The number of hydrogen-bond acceptors (Lipinski definition) is 5. The summed E-state index contributed by atoms with van der Waals surface area (Å²) in [7, 11) is 0. The van der Waals surface area contributed by atoms with E-state index in [0.717, 1.165) is 63.0 Å². The van der Waals surface area contributed by atoms with Crippen molar-refractivity contribution in [2.75, 3.05) is 0 Å². The molecule has 3 aromatic heterocycles. The predicted molar refractivity (Wildman–Crippen MR) is 198 cm³/mol. The van der Waals surface area contributed by atoms with Gasteiger partial charge in [-0.1, -0.05) is 121 Å². The van der Waals surface area contributed by atoms with Gasteiger partial charge >= 0.3 is 0 Å². The highest BCUT2D eigenvalue weighted by Crippen LogP contribution is 2.43. The van der Waals surface area contributed by atoms with Gasteiger partial charge in [0, 0.05) is 59.8 Å². The third-order valence-corrected chi connectivity index (χ3v) is 10.5. The van der Waals surface area contributed by atoms with Crippen LogP contribution in [0.5, 0.6) is 0 Å². The number of nitrogens with zero attached hydrogens (tertiary/aromatic N) is 3. The molecule has 4 nitrogen and oxygen atoms in total. The summed E-state index contributed by atoms with van der Waals surface area (Å²) < 4.78 is 9.23. The summed E-state index contributed by atoms with van der Waals surface area (Å²) in [5, 5.41) is 5.92. The first kappa shape index (κ1) is 27.2. The van der Waals surface area contributed by atoms with E-state index >= 15 is 0 Å². The Hall–Kier alpha value is -5.91. The van der Waals surface area contributed by atoms with Crippen LogP contribution in [0, 0.1) is 0 Å². The van der Waals surface area contributed by atoms with E-state index in [1.807, 2.05) is 18.2 Å². The van der Waals surface area contributed by atoms with Crippen LogP contribution in [0.15, 0.2) is 144 Å². The van der Waals surface area contributed by atoms with E-state index in [1.54, 1.807) is 11.3 Å². The summed E-state index contributed by atoms with van der Waals surface area (Å²) in [6, 6.07) is 46.8. The van der Waals surface area contributed by atoms with Gasteiger partial charge in [0.05, 0.1) is 0 Å². The molecule has 226 valence electrons. The summed E-state index contributed by atoms with van der Waals surface area (Å²) in [4.78, 5) is 15.5. The number of thiophene rings is 1. The highest BCUT2D eigenvalue weighted by molar-refractivity contribution is 7.25.